The van der Waals surface area contributed by atoms with Crippen molar-refractivity contribution in [2.75, 3.05) is 57.9 Å². The molecule has 0 unspecified atom stereocenters. The molecule has 214 valence electrons. The van der Waals surface area contributed by atoms with E-state index in [1.807, 2.05) is 26.0 Å². The predicted octanol–water partition coefficient (Wildman–Crippen LogP) is 5.47. The average molecular weight is 616 g/mol. The van der Waals surface area contributed by atoms with Crippen LogP contribution in [-0.4, -0.2) is 81.5 Å². The lowest BCUT2D eigenvalue weighted by molar-refractivity contribution is 0.0376. The zero-order valence-corrected chi connectivity index (χ0v) is 25.8. The lowest BCUT2D eigenvalue weighted by Crippen LogP contribution is -2.39. The topological polar surface area (TPSA) is 83.1 Å². The van der Waals surface area contributed by atoms with Gasteiger partial charge in [0.2, 0.25) is 10.0 Å². The number of unbranched alkanes of at least 4 members (excludes halogenated alkanes) is 1. The number of amides is 1. The first-order chi connectivity index (χ1) is 18.2. The Labute approximate surface area is 246 Å². The quantitative estimate of drug-likeness (QED) is 0.285. The van der Waals surface area contributed by atoms with Gasteiger partial charge in [0.15, 0.2) is 5.13 Å². The normalized spacial score (nSPS) is 14.5. The number of aryl methyl sites for hydroxylation is 1. The molecule has 4 rings (SSSR count). The van der Waals surface area contributed by atoms with Crippen molar-refractivity contribution in [2.24, 2.45) is 0 Å². The molecule has 39 heavy (non-hydrogen) atoms. The van der Waals surface area contributed by atoms with Crippen LogP contribution in [0.2, 0.25) is 5.02 Å². The largest absolute Gasteiger partial charge is 0.379 e. The van der Waals surface area contributed by atoms with Crippen LogP contribution in [0.1, 0.15) is 42.1 Å². The number of thiazole rings is 1. The van der Waals surface area contributed by atoms with Gasteiger partial charge in [-0.3, -0.25) is 14.6 Å². The molecule has 0 bridgehead atoms. The van der Waals surface area contributed by atoms with Crippen LogP contribution in [0.5, 0.6) is 0 Å². The fraction of sp³-hybridized carbons (Fsp3) is 0.481. The number of halogens is 2. The second-order valence-electron chi connectivity index (χ2n) is 9.53. The number of fused-ring (bicyclic) bond motifs is 1. The number of hydrogen-bond donors (Lipinski definition) is 0. The molecule has 0 N–H and O–H groups in total. The molecule has 1 fully saturated rings. The van der Waals surface area contributed by atoms with Gasteiger partial charge in [-0.2, -0.15) is 0 Å². The van der Waals surface area contributed by atoms with E-state index in [2.05, 4.69) is 4.90 Å². The Bertz CT molecular complexity index is 1360. The molecule has 0 saturated carbocycles. The highest BCUT2D eigenvalue weighted by atomic mass is 35.5. The Morgan fingerprint density at radius 1 is 1.13 bits per heavy atom. The molecule has 3 aromatic rings. The number of aromatic nitrogens is 1. The van der Waals surface area contributed by atoms with Crippen molar-refractivity contribution in [1.29, 1.82) is 0 Å². The summed E-state index contributed by atoms with van der Waals surface area (Å²) in [6.45, 7) is 9.00. The number of benzene rings is 2. The van der Waals surface area contributed by atoms with Crippen molar-refractivity contribution in [2.45, 2.75) is 38.0 Å². The summed E-state index contributed by atoms with van der Waals surface area (Å²) in [5.74, 6) is -0.210. The maximum absolute atomic E-state index is 13.8. The smallest absolute Gasteiger partial charge is 0.260 e. The van der Waals surface area contributed by atoms with Gasteiger partial charge < -0.3 is 4.74 Å². The van der Waals surface area contributed by atoms with Gasteiger partial charge in [-0.25, -0.2) is 17.7 Å². The number of carbonyl (C=O) groups is 1. The van der Waals surface area contributed by atoms with Crippen molar-refractivity contribution < 1.29 is 17.9 Å². The second-order valence-corrected chi connectivity index (χ2v) is 13.0. The van der Waals surface area contributed by atoms with Crippen LogP contribution in [0.3, 0.4) is 0 Å². The van der Waals surface area contributed by atoms with Crippen molar-refractivity contribution in [3.05, 3.63) is 52.5 Å². The van der Waals surface area contributed by atoms with E-state index < -0.39 is 10.0 Å². The van der Waals surface area contributed by atoms with Gasteiger partial charge in [-0.15, -0.1) is 12.4 Å². The molecule has 0 radical (unpaired) electrons. The number of rotatable bonds is 11. The Kier molecular flexibility index (Phi) is 11.6. The zero-order chi connectivity index (χ0) is 27.3. The Morgan fingerprint density at radius 3 is 2.49 bits per heavy atom. The lowest BCUT2D eigenvalue weighted by atomic mass is 10.2. The summed E-state index contributed by atoms with van der Waals surface area (Å²) >= 11 is 7.71. The van der Waals surface area contributed by atoms with E-state index in [-0.39, 0.29) is 23.2 Å². The molecule has 8 nitrogen and oxygen atoms in total. The van der Waals surface area contributed by atoms with Gasteiger partial charge in [-0.05, 0) is 61.7 Å². The van der Waals surface area contributed by atoms with Crippen LogP contribution in [0, 0.1) is 6.92 Å². The van der Waals surface area contributed by atoms with Crippen LogP contribution < -0.4 is 4.90 Å². The summed E-state index contributed by atoms with van der Waals surface area (Å²) < 4.78 is 33.6. The minimum absolute atomic E-state index is 0. The third kappa shape index (κ3) is 7.70. The third-order valence-electron chi connectivity index (χ3n) is 6.71. The first-order valence-electron chi connectivity index (χ1n) is 13.0. The number of hydrogen-bond acceptors (Lipinski definition) is 7. The number of morpholine rings is 1. The molecule has 0 aliphatic carbocycles. The Hall–Kier alpha value is -1.79. The lowest BCUT2D eigenvalue weighted by Gasteiger charge is -2.27. The van der Waals surface area contributed by atoms with Gasteiger partial charge >= 0.3 is 0 Å². The first kappa shape index (κ1) is 31.7. The molecular formula is C27H36Cl2N4O4S2. The van der Waals surface area contributed by atoms with Gasteiger partial charge in [0, 0.05) is 50.4 Å². The summed E-state index contributed by atoms with van der Waals surface area (Å²) in [7, 11) is -2.02. The number of carbonyl (C=O) groups excluding carboxylic acids is 1. The van der Waals surface area contributed by atoms with E-state index in [1.165, 1.54) is 27.8 Å². The van der Waals surface area contributed by atoms with Crippen LogP contribution in [0.15, 0.2) is 41.3 Å². The number of ether oxygens (including phenoxy) is 1. The van der Waals surface area contributed by atoms with E-state index in [1.54, 1.807) is 24.1 Å². The van der Waals surface area contributed by atoms with E-state index in [9.17, 15) is 13.2 Å². The van der Waals surface area contributed by atoms with Gasteiger partial charge in [0.25, 0.3) is 5.91 Å². The fourth-order valence-corrected chi connectivity index (χ4v) is 7.08. The molecule has 1 saturated heterocycles. The van der Waals surface area contributed by atoms with Crippen LogP contribution in [-0.2, 0) is 14.8 Å². The molecule has 0 atom stereocenters. The zero-order valence-electron chi connectivity index (χ0n) is 22.6. The maximum Gasteiger partial charge on any atom is 0.260 e. The van der Waals surface area contributed by atoms with Gasteiger partial charge in [-0.1, -0.05) is 36.3 Å². The molecule has 1 aliphatic heterocycles. The molecule has 1 aliphatic rings. The van der Waals surface area contributed by atoms with Crippen molar-refractivity contribution in [3.63, 3.8) is 0 Å². The predicted molar refractivity (Wildman–Crippen MR) is 161 cm³/mol. The number of sulfonamides is 1. The Balaban J connectivity index is 0.00000420. The third-order valence-corrected chi connectivity index (χ3v) is 9.83. The van der Waals surface area contributed by atoms with Crippen LogP contribution in [0.4, 0.5) is 5.13 Å². The maximum atomic E-state index is 13.8. The summed E-state index contributed by atoms with van der Waals surface area (Å²) in [6.07, 6.45) is 2.47. The van der Waals surface area contributed by atoms with Crippen molar-refractivity contribution >= 4 is 66.6 Å². The van der Waals surface area contributed by atoms with Gasteiger partial charge in [0.05, 0.1) is 28.3 Å². The SMILES string of the molecule is CCCCN(C)S(=O)(=O)c1ccc(C(=O)N(CCCN2CCOCC2)c2nc3c(C)cc(Cl)cc3s2)cc1.Cl. The molecule has 2 heterocycles. The van der Waals surface area contributed by atoms with E-state index in [0.717, 1.165) is 67.9 Å². The molecular weight excluding hydrogens is 579 g/mol. The molecule has 1 amide bonds. The molecule has 1 aromatic heterocycles. The minimum Gasteiger partial charge on any atom is -0.379 e. The highest BCUT2D eigenvalue weighted by molar-refractivity contribution is 7.89. The summed E-state index contributed by atoms with van der Waals surface area (Å²) in [6, 6.07) is 9.95. The number of anilines is 1. The first-order valence-corrected chi connectivity index (χ1v) is 15.6. The molecule has 0 spiro atoms. The Morgan fingerprint density at radius 2 is 1.82 bits per heavy atom. The van der Waals surface area contributed by atoms with Gasteiger partial charge in [0.1, 0.15) is 0 Å². The number of nitrogens with zero attached hydrogens (tertiary/aromatic N) is 4. The monoisotopic (exact) mass is 614 g/mol. The molecule has 12 heteroatoms. The standard InChI is InChI=1S/C27H35ClN4O4S2.ClH/c1-4-5-11-30(3)38(34,35)23-9-7-21(8-10-23)26(33)32(13-6-12-31-14-16-36-17-15-31)27-29-25-20(2)18-22(28)19-24(25)37-27;/h7-10,18-19H,4-6,11-17H2,1-3H3;1H. The molecule has 2 aromatic carbocycles. The van der Waals surface area contributed by atoms with E-state index >= 15 is 0 Å². The van der Waals surface area contributed by atoms with E-state index in [4.69, 9.17) is 21.3 Å². The fourth-order valence-electron chi connectivity index (χ4n) is 4.43. The van der Waals surface area contributed by atoms with E-state index in [0.29, 0.717) is 28.8 Å². The van der Waals surface area contributed by atoms with Crippen LogP contribution >= 0.6 is 35.3 Å². The summed E-state index contributed by atoms with van der Waals surface area (Å²) in [5, 5.41) is 1.24. The minimum atomic E-state index is -3.61. The average Bonchev–Trinajstić information content (AvgIpc) is 3.34. The van der Waals surface area contributed by atoms with Crippen molar-refractivity contribution in [1.82, 2.24) is 14.2 Å². The highest BCUT2D eigenvalue weighted by Crippen LogP contribution is 2.34. The second kappa shape index (κ2) is 14.2. The highest BCUT2D eigenvalue weighted by Gasteiger charge is 2.25. The van der Waals surface area contributed by atoms with Crippen LogP contribution in [0.25, 0.3) is 10.2 Å². The van der Waals surface area contributed by atoms with Crippen molar-refractivity contribution in [3.8, 4) is 0 Å². The summed E-state index contributed by atoms with van der Waals surface area (Å²) in [5.41, 5.74) is 2.20. The summed E-state index contributed by atoms with van der Waals surface area (Å²) in [4.78, 5) is 22.8.